The number of Topliss-reactive ketones (excluding diaryl/α,β-unsaturated/α-hetero) is 1. The number of amides is 1. The van der Waals surface area contributed by atoms with E-state index in [0.29, 0.717) is 62.2 Å². The number of rotatable bonds is 5. The summed E-state index contributed by atoms with van der Waals surface area (Å²) in [6.45, 7) is 9.07. The normalized spacial score (nSPS) is 21.2. The maximum Gasteiger partial charge on any atom is 0.312 e. The first-order valence-electron chi connectivity index (χ1n) is 12.7. The van der Waals surface area contributed by atoms with Gasteiger partial charge in [0.05, 0.1) is 5.57 Å². The topological polar surface area (TPSA) is 97.7 Å². The van der Waals surface area contributed by atoms with Crippen molar-refractivity contribution < 1.29 is 29.0 Å². The molecule has 1 spiro atoms. The lowest BCUT2D eigenvalue weighted by Crippen LogP contribution is -2.47. The van der Waals surface area contributed by atoms with Crippen molar-refractivity contribution in [3.63, 3.8) is 0 Å². The van der Waals surface area contributed by atoms with Crippen LogP contribution in [0, 0.1) is 31.1 Å². The van der Waals surface area contributed by atoms with Crippen LogP contribution in [-0.2, 0) is 23.9 Å². The van der Waals surface area contributed by atoms with E-state index < -0.39 is 12.1 Å². The fraction of sp³-hybridized carbons (Fsp3) is 0.552. The molecule has 1 fully saturated rings. The van der Waals surface area contributed by atoms with E-state index in [-0.39, 0.29) is 17.1 Å². The van der Waals surface area contributed by atoms with Gasteiger partial charge in [-0.1, -0.05) is 11.1 Å². The van der Waals surface area contributed by atoms with Gasteiger partial charge in [0.25, 0.3) is 5.91 Å². The Kier molecular flexibility index (Phi) is 7.50. The van der Waals surface area contributed by atoms with Crippen LogP contribution < -0.4 is 0 Å². The van der Waals surface area contributed by atoms with E-state index in [2.05, 4.69) is 17.0 Å². The maximum absolute atomic E-state index is 13.8. The van der Waals surface area contributed by atoms with E-state index in [1.807, 2.05) is 39.8 Å². The van der Waals surface area contributed by atoms with Crippen molar-refractivity contribution in [1.82, 2.24) is 4.90 Å². The van der Waals surface area contributed by atoms with Gasteiger partial charge in [0.1, 0.15) is 17.1 Å². The van der Waals surface area contributed by atoms with Crippen molar-refractivity contribution in [2.45, 2.75) is 78.8 Å². The van der Waals surface area contributed by atoms with Crippen LogP contribution in [0.5, 0.6) is 0 Å². The van der Waals surface area contributed by atoms with Crippen LogP contribution in [0.2, 0.25) is 0 Å². The average Bonchev–Trinajstić information content (AvgIpc) is 3.20. The Morgan fingerprint density at radius 3 is 2.35 bits per heavy atom. The number of aryl methyl sites for hydroxylation is 2. The molecule has 1 aromatic rings. The number of benzene rings is 1. The molecular formula is C29H36N2O6. The Balaban J connectivity index is 1.61. The first kappa shape index (κ1) is 26.9. The molecule has 0 bridgehead atoms. The molecule has 1 atom stereocenters. The van der Waals surface area contributed by atoms with E-state index >= 15 is 0 Å². The van der Waals surface area contributed by atoms with Gasteiger partial charge in [-0.05, 0) is 81.7 Å². The lowest BCUT2D eigenvalue weighted by molar-refractivity contribution is -0.233. The number of allylic oxidation sites excluding steroid dienone is 2. The molecule has 1 aliphatic carbocycles. The van der Waals surface area contributed by atoms with Crippen LogP contribution in [0.25, 0.3) is 5.57 Å². The predicted octanol–water partition coefficient (Wildman–Crippen LogP) is 3.85. The quantitative estimate of drug-likeness (QED) is 0.479. The summed E-state index contributed by atoms with van der Waals surface area (Å²) >= 11 is 0. The van der Waals surface area contributed by atoms with Crippen molar-refractivity contribution in [2.24, 2.45) is 10.6 Å². The third-order valence-electron chi connectivity index (χ3n) is 7.48. The molecule has 0 radical (unpaired) electrons. The first-order chi connectivity index (χ1) is 17.5. The van der Waals surface area contributed by atoms with Gasteiger partial charge in [-0.15, -0.1) is 5.92 Å². The summed E-state index contributed by atoms with van der Waals surface area (Å²) in [6, 6.07) is 3.93. The number of aliphatic hydroxyl groups is 1. The lowest BCUT2D eigenvalue weighted by atomic mass is 9.66. The summed E-state index contributed by atoms with van der Waals surface area (Å²) in [6.07, 6.45) is 2.60. The Hall–Kier alpha value is -3.15. The monoisotopic (exact) mass is 508 g/mol. The number of hydrogen-bond donors (Lipinski definition) is 1. The van der Waals surface area contributed by atoms with Crippen LogP contribution in [0.15, 0.2) is 23.0 Å². The lowest BCUT2D eigenvalue weighted by Gasteiger charge is -2.44. The highest BCUT2D eigenvalue weighted by atomic mass is 16.8. The Labute approximate surface area is 218 Å². The standard InChI is InChI=1S/C29H36N2O6/c1-7-8-20-13-18(2)24(19(3)14-20)25-22(32)16-29(17-23(25)36-27(34)35-6)9-11-31(12-10-29)26(33)21-15-28(4,5)37-30-21/h13-14,27,34H,9-12,15-17H2,1-6H3. The molecule has 1 unspecified atom stereocenters. The number of likely N-dealkylation sites (tertiary alicyclic amines) is 1. The van der Waals surface area contributed by atoms with Gasteiger partial charge < -0.3 is 24.3 Å². The Morgan fingerprint density at radius 2 is 1.81 bits per heavy atom. The zero-order chi connectivity index (χ0) is 27.0. The third kappa shape index (κ3) is 5.58. The van der Waals surface area contributed by atoms with Crippen molar-refractivity contribution >= 4 is 23.0 Å². The first-order valence-corrected chi connectivity index (χ1v) is 12.7. The van der Waals surface area contributed by atoms with Crippen LogP contribution >= 0.6 is 0 Å². The second kappa shape index (κ2) is 10.3. The summed E-state index contributed by atoms with van der Waals surface area (Å²) in [5, 5.41) is 14.2. The van der Waals surface area contributed by atoms with Crippen molar-refractivity contribution in [3.05, 3.63) is 40.1 Å². The molecule has 8 heteroatoms. The van der Waals surface area contributed by atoms with Gasteiger partial charge >= 0.3 is 6.48 Å². The second-order valence-corrected chi connectivity index (χ2v) is 11.0. The minimum Gasteiger partial charge on any atom is -0.445 e. The van der Waals surface area contributed by atoms with Crippen LogP contribution in [0.3, 0.4) is 0 Å². The van der Waals surface area contributed by atoms with Crippen LogP contribution in [-0.4, -0.2) is 59.7 Å². The summed E-state index contributed by atoms with van der Waals surface area (Å²) in [7, 11) is 1.35. The van der Waals surface area contributed by atoms with Gasteiger partial charge in [-0.3, -0.25) is 9.59 Å². The zero-order valence-corrected chi connectivity index (χ0v) is 22.6. The van der Waals surface area contributed by atoms with Gasteiger partial charge in [0.2, 0.25) is 0 Å². The van der Waals surface area contributed by atoms with E-state index in [1.54, 1.807) is 11.8 Å². The van der Waals surface area contributed by atoms with Gasteiger partial charge in [-0.2, -0.15) is 0 Å². The molecule has 8 nitrogen and oxygen atoms in total. The number of oxime groups is 1. The molecule has 4 rings (SSSR count). The van der Waals surface area contributed by atoms with Crippen LogP contribution in [0.4, 0.5) is 0 Å². The minimum atomic E-state index is -1.48. The maximum atomic E-state index is 13.8. The van der Waals surface area contributed by atoms with Crippen molar-refractivity contribution in [2.75, 3.05) is 20.2 Å². The summed E-state index contributed by atoms with van der Waals surface area (Å²) < 4.78 is 10.8. The number of aliphatic hydroxyl groups excluding tert-OH is 1. The molecule has 198 valence electrons. The fourth-order valence-electron chi connectivity index (χ4n) is 5.68. The predicted molar refractivity (Wildman–Crippen MR) is 139 cm³/mol. The Bertz CT molecular complexity index is 1200. The number of methoxy groups -OCH3 is 1. The molecule has 1 amide bonds. The van der Waals surface area contributed by atoms with Gasteiger partial charge in [0.15, 0.2) is 5.78 Å². The number of piperidine rings is 1. The number of ether oxygens (including phenoxy) is 2. The molecular weight excluding hydrogens is 472 g/mol. The molecule has 2 heterocycles. The molecule has 2 aliphatic heterocycles. The number of nitrogens with zero attached hydrogens (tertiary/aromatic N) is 2. The summed E-state index contributed by atoms with van der Waals surface area (Å²) in [5.74, 6) is 6.29. The molecule has 1 N–H and O–H groups in total. The average molecular weight is 509 g/mol. The fourth-order valence-corrected chi connectivity index (χ4v) is 5.68. The van der Waals surface area contributed by atoms with E-state index in [9.17, 15) is 14.7 Å². The van der Waals surface area contributed by atoms with Crippen LogP contribution in [0.1, 0.15) is 75.1 Å². The number of carbonyl (C=O) groups is 2. The summed E-state index contributed by atoms with van der Waals surface area (Å²) in [4.78, 5) is 33.9. The molecule has 1 saturated heterocycles. The van der Waals surface area contributed by atoms with Gasteiger partial charge in [0, 0.05) is 45.0 Å². The second-order valence-electron chi connectivity index (χ2n) is 11.0. The van der Waals surface area contributed by atoms with Gasteiger partial charge in [-0.25, -0.2) is 0 Å². The number of hydrogen-bond acceptors (Lipinski definition) is 7. The zero-order valence-electron chi connectivity index (χ0n) is 22.6. The third-order valence-corrected chi connectivity index (χ3v) is 7.48. The molecule has 0 saturated carbocycles. The molecule has 0 aromatic heterocycles. The van der Waals surface area contributed by atoms with Crippen molar-refractivity contribution in [3.8, 4) is 11.8 Å². The largest absolute Gasteiger partial charge is 0.445 e. The van der Waals surface area contributed by atoms with E-state index in [4.69, 9.17) is 14.3 Å². The summed E-state index contributed by atoms with van der Waals surface area (Å²) in [5.41, 5.74) is 3.66. The highest BCUT2D eigenvalue weighted by molar-refractivity contribution is 6.39. The SMILES string of the molecule is CC#Cc1cc(C)c(C2=C(OC(O)OC)CC3(CCN(C(=O)C4=NOC(C)(C)C4)CC3)CC2=O)c(C)c1. The highest BCUT2D eigenvalue weighted by Gasteiger charge is 2.45. The van der Waals surface area contributed by atoms with Crippen molar-refractivity contribution in [1.29, 1.82) is 0 Å². The highest BCUT2D eigenvalue weighted by Crippen LogP contribution is 2.49. The van der Waals surface area contributed by atoms with E-state index in [0.717, 1.165) is 22.3 Å². The molecule has 3 aliphatic rings. The minimum absolute atomic E-state index is 0.0276. The molecule has 37 heavy (non-hydrogen) atoms. The smallest absolute Gasteiger partial charge is 0.312 e. The molecule has 1 aromatic carbocycles. The number of carbonyl (C=O) groups excluding carboxylic acids is 2. The Morgan fingerprint density at radius 1 is 1.16 bits per heavy atom. The number of ketones is 1. The van der Waals surface area contributed by atoms with E-state index in [1.165, 1.54) is 7.11 Å².